The molecule has 1 aromatic rings. The highest BCUT2D eigenvalue weighted by molar-refractivity contribution is 5.26. The second-order valence-corrected chi connectivity index (χ2v) is 4.98. The lowest BCUT2D eigenvalue weighted by atomic mass is 10.00. The summed E-state index contributed by atoms with van der Waals surface area (Å²) in [5, 5.41) is 11.7. The van der Waals surface area contributed by atoms with Crippen molar-refractivity contribution in [3.05, 3.63) is 11.4 Å². The van der Waals surface area contributed by atoms with Crippen molar-refractivity contribution in [3.8, 4) is 0 Å². The molecule has 0 aromatic carbocycles. The van der Waals surface area contributed by atoms with Crippen LogP contribution in [0.25, 0.3) is 0 Å². The van der Waals surface area contributed by atoms with Crippen LogP contribution in [-0.2, 0) is 17.6 Å². The van der Waals surface area contributed by atoms with Gasteiger partial charge < -0.3 is 10.1 Å². The minimum Gasteiger partial charge on any atom is -0.378 e. The molecule has 1 fully saturated rings. The van der Waals surface area contributed by atoms with E-state index in [1.54, 1.807) is 0 Å². The third kappa shape index (κ3) is 3.41. The Balaban J connectivity index is 1.96. The summed E-state index contributed by atoms with van der Waals surface area (Å²) in [6.45, 7) is 8.10. The highest BCUT2D eigenvalue weighted by Gasteiger charge is 2.26. The third-order valence-electron chi connectivity index (χ3n) is 3.78. The van der Waals surface area contributed by atoms with Gasteiger partial charge in [-0.05, 0) is 25.7 Å². The second-order valence-electron chi connectivity index (χ2n) is 4.98. The van der Waals surface area contributed by atoms with Crippen molar-refractivity contribution < 1.29 is 4.74 Å². The van der Waals surface area contributed by atoms with Gasteiger partial charge >= 0.3 is 0 Å². The molecule has 1 N–H and O–H groups in total. The van der Waals surface area contributed by atoms with Crippen LogP contribution in [0.5, 0.6) is 0 Å². The minimum atomic E-state index is 0.376. The number of hydrogen-bond acceptors (Lipinski definition) is 5. The maximum Gasteiger partial charge on any atom is 0.242 e. The zero-order valence-corrected chi connectivity index (χ0v) is 12.1. The number of anilines is 1. The Hall–Kier alpha value is -1.23. The number of ether oxygens (including phenoxy) is 1. The molecule has 106 valence electrons. The van der Waals surface area contributed by atoms with E-state index in [0.717, 1.165) is 50.2 Å². The van der Waals surface area contributed by atoms with Crippen LogP contribution in [0.3, 0.4) is 0 Å². The van der Waals surface area contributed by atoms with Gasteiger partial charge in [0, 0.05) is 19.1 Å². The van der Waals surface area contributed by atoms with Crippen LogP contribution < -0.4 is 5.32 Å². The number of aromatic nitrogens is 3. The van der Waals surface area contributed by atoms with E-state index < -0.39 is 0 Å². The van der Waals surface area contributed by atoms with Gasteiger partial charge in [0.25, 0.3) is 0 Å². The first-order valence-corrected chi connectivity index (χ1v) is 7.36. The van der Waals surface area contributed by atoms with E-state index in [4.69, 9.17) is 4.74 Å². The van der Waals surface area contributed by atoms with Crippen molar-refractivity contribution in [2.24, 2.45) is 5.92 Å². The zero-order chi connectivity index (χ0) is 13.7. The number of nitrogens with zero attached hydrogens (tertiary/aromatic N) is 3. The molecule has 0 aliphatic carbocycles. The van der Waals surface area contributed by atoms with Gasteiger partial charge in [-0.2, -0.15) is 5.10 Å². The SMILES string of the molecule is CCc1nnc(NCC2CCOC2CC)nc1CC. The molecule has 0 amide bonds. The van der Waals surface area contributed by atoms with Crippen molar-refractivity contribution in [3.63, 3.8) is 0 Å². The molecule has 2 atom stereocenters. The normalized spacial score (nSPS) is 22.7. The van der Waals surface area contributed by atoms with Gasteiger partial charge in [-0.3, -0.25) is 0 Å². The Kier molecular flexibility index (Phi) is 5.07. The summed E-state index contributed by atoms with van der Waals surface area (Å²) < 4.78 is 5.69. The average Bonchev–Trinajstić information content (AvgIpc) is 2.92. The van der Waals surface area contributed by atoms with Crippen LogP contribution in [0.1, 0.15) is 45.0 Å². The average molecular weight is 264 g/mol. The van der Waals surface area contributed by atoms with E-state index in [0.29, 0.717) is 18.0 Å². The fourth-order valence-corrected chi connectivity index (χ4v) is 2.61. The van der Waals surface area contributed by atoms with Crippen molar-refractivity contribution in [2.45, 2.75) is 52.6 Å². The third-order valence-corrected chi connectivity index (χ3v) is 3.78. The Labute approximate surface area is 115 Å². The van der Waals surface area contributed by atoms with Crippen molar-refractivity contribution in [2.75, 3.05) is 18.5 Å². The fourth-order valence-electron chi connectivity index (χ4n) is 2.61. The number of hydrogen-bond donors (Lipinski definition) is 1. The van der Waals surface area contributed by atoms with E-state index in [9.17, 15) is 0 Å². The molecule has 5 nitrogen and oxygen atoms in total. The van der Waals surface area contributed by atoms with Crippen LogP contribution >= 0.6 is 0 Å². The Morgan fingerprint density at radius 3 is 2.63 bits per heavy atom. The monoisotopic (exact) mass is 264 g/mol. The lowest BCUT2D eigenvalue weighted by Crippen LogP contribution is -2.24. The van der Waals surface area contributed by atoms with Gasteiger partial charge in [-0.1, -0.05) is 20.8 Å². The van der Waals surface area contributed by atoms with Gasteiger partial charge in [-0.25, -0.2) is 4.98 Å². The van der Waals surface area contributed by atoms with E-state index in [1.165, 1.54) is 0 Å². The molecular weight excluding hydrogens is 240 g/mol. The predicted molar refractivity (Wildman–Crippen MR) is 75.2 cm³/mol. The molecule has 1 aliphatic heterocycles. The summed E-state index contributed by atoms with van der Waals surface area (Å²) in [5.41, 5.74) is 2.05. The Morgan fingerprint density at radius 2 is 1.95 bits per heavy atom. The predicted octanol–water partition coefficient (Wildman–Crippen LogP) is 2.22. The lowest BCUT2D eigenvalue weighted by molar-refractivity contribution is 0.0900. The number of nitrogens with one attached hydrogen (secondary N) is 1. The molecule has 0 spiro atoms. The summed E-state index contributed by atoms with van der Waals surface area (Å²) in [6, 6.07) is 0. The maximum absolute atomic E-state index is 5.69. The first-order chi connectivity index (χ1) is 9.28. The highest BCUT2D eigenvalue weighted by Crippen LogP contribution is 2.23. The van der Waals surface area contributed by atoms with Crippen molar-refractivity contribution in [1.29, 1.82) is 0 Å². The van der Waals surface area contributed by atoms with Crippen LogP contribution in [0.4, 0.5) is 5.95 Å². The maximum atomic E-state index is 5.69. The van der Waals surface area contributed by atoms with Crippen LogP contribution in [0.2, 0.25) is 0 Å². The van der Waals surface area contributed by atoms with Crippen molar-refractivity contribution >= 4 is 5.95 Å². The minimum absolute atomic E-state index is 0.376. The van der Waals surface area contributed by atoms with E-state index in [2.05, 4.69) is 41.3 Å². The molecule has 2 rings (SSSR count). The quantitative estimate of drug-likeness (QED) is 0.853. The molecule has 1 aliphatic rings. The highest BCUT2D eigenvalue weighted by atomic mass is 16.5. The van der Waals surface area contributed by atoms with E-state index in [1.807, 2.05) is 0 Å². The van der Waals surface area contributed by atoms with Gasteiger partial charge in [0.1, 0.15) is 0 Å². The second kappa shape index (κ2) is 6.80. The Bertz CT molecular complexity index is 410. The van der Waals surface area contributed by atoms with Crippen LogP contribution in [-0.4, -0.2) is 34.4 Å². The molecular formula is C14H24N4O. The van der Waals surface area contributed by atoms with E-state index >= 15 is 0 Å². The van der Waals surface area contributed by atoms with Gasteiger partial charge in [0.15, 0.2) is 0 Å². The fraction of sp³-hybridized carbons (Fsp3) is 0.786. The van der Waals surface area contributed by atoms with Crippen LogP contribution in [0, 0.1) is 5.92 Å². The molecule has 1 saturated heterocycles. The Morgan fingerprint density at radius 1 is 1.16 bits per heavy atom. The first kappa shape index (κ1) is 14.2. The zero-order valence-electron chi connectivity index (χ0n) is 12.1. The molecule has 2 unspecified atom stereocenters. The molecule has 1 aromatic heterocycles. The van der Waals surface area contributed by atoms with Crippen LogP contribution in [0.15, 0.2) is 0 Å². The summed E-state index contributed by atoms with van der Waals surface area (Å²) in [6.07, 6.45) is 4.35. The lowest BCUT2D eigenvalue weighted by Gasteiger charge is -2.17. The first-order valence-electron chi connectivity index (χ1n) is 7.36. The standard InChI is InChI=1S/C14H24N4O/c1-4-11-12(5-2)17-18-14(16-11)15-9-10-7-8-19-13(10)6-3/h10,13H,4-9H2,1-3H3,(H,15,16,18). The summed E-state index contributed by atoms with van der Waals surface area (Å²) in [4.78, 5) is 4.55. The topological polar surface area (TPSA) is 59.9 Å². The van der Waals surface area contributed by atoms with Gasteiger partial charge in [-0.15, -0.1) is 5.10 Å². The number of aryl methyl sites for hydroxylation is 2. The number of rotatable bonds is 6. The molecule has 5 heteroatoms. The van der Waals surface area contributed by atoms with Gasteiger partial charge in [0.2, 0.25) is 5.95 Å². The molecule has 0 saturated carbocycles. The summed E-state index contributed by atoms with van der Waals surface area (Å²) >= 11 is 0. The van der Waals surface area contributed by atoms with E-state index in [-0.39, 0.29) is 0 Å². The molecule has 0 radical (unpaired) electrons. The molecule has 2 heterocycles. The smallest absolute Gasteiger partial charge is 0.242 e. The largest absolute Gasteiger partial charge is 0.378 e. The summed E-state index contributed by atoms with van der Waals surface area (Å²) in [7, 11) is 0. The molecule has 0 bridgehead atoms. The molecule has 19 heavy (non-hydrogen) atoms. The summed E-state index contributed by atoms with van der Waals surface area (Å²) in [5.74, 6) is 1.21. The van der Waals surface area contributed by atoms with Crippen molar-refractivity contribution in [1.82, 2.24) is 15.2 Å². The van der Waals surface area contributed by atoms with Gasteiger partial charge in [0.05, 0.1) is 17.5 Å².